The number of amides is 1. The second-order valence-corrected chi connectivity index (χ2v) is 3.90. The highest BCUT2D eigenvalue weighted by Gasteiger charge is 2.17. The van der Waals surface area contributed by atoms with Gasteiger partial charge in [-0.05, 0) is 18.6 Å². The fourth-order valence-corrected chi connectivity index (χ4v) is 1.40. The lowest BCUT2D eigenvalue weighted by Gasteiger charge is -2.14. The number of aliphatic carboxylic acids is 1. The number of carbonyl (C=O) groups excluding carboxylic acids is 1. The predicted molar refractivity (Wildman–Crippen MR) is 66.5 cm³/mol. The molecule has 4 N–H and O–H groups in total. The van der Waals surface area contributed by atoms with E-state index in [4.69, 9.17) is 10.8 Å². The number of carboxylic acid groups (broad SMARTS) is 1. The number of para-hydroxylation sites is 2. The molecule has 1 aromatic carbocycles. The molecule has 1 unspecified atom stereocenters. The number of benzene rings is 1. The molecule has 0 aliphatic rings. The van der Waals surface area contributed by atoms with Crippen molar-refractivity contribution >= 4 is 17.6 Å². The van der Waals surface area contributed by atoms with Gasteiger partial charge >= 0.3 is 12.6 Å². The number of halogens is 2. The normalized spacial score (nSPS) is 12.0. The fraction of sp³-hybridized carbons (Fsp3) is 0.333. The zero-order valence-corrected chi connectivity index (χ0v) is 10.4. The van der Waals surface area contributed by atoms with Crippen LogP contribution in [-0.2, 0) is 9.59 Å². The first-order chi connectivity index (χ1) is 9.40. The van der Waals surface area contributed by atoms with Gasteiger partial charge in [-0.3, -0.25) is 9.59 Å². The minimum atomic E-state index is -3.02. The molecule has 0 fully saturated rings. The van der Waals surface area contributed by atoms with Crippen LogP contribution in [0.4, 0.5) is 14.5 Å². The van der Waals surface area contributed by atoms with E-state index < -0.39 is 24.5 Å². The quantitative estimate of drug-likeness (QED) is 0.704. The summed E-state index contributed by atoms with van der Waals surface area (Å²) in [5.74, 6) is -1.94. The van der Waals surface area contributed by atoms with Gasteiger partial charge in [0.2, 0.25) is 5.91 Å². The Bertz CT molecular complexity index is 482. The van der Waals surface area contributed by atoms with E-state index in [9.17, 15) is 18.4 Å². The van der Waals surface area contributed by atoms with Gasteiger partial charge < -0.3 is 20.9 Å². The maximum Gasteiger partial charge on any atom is 0.387 e. The van der Waals surface area contributed by atoms with E-state index in [2.05, 4.69) is 10.1 Å². The van der Waals surface area contributed by atoms with E-state index in [0.29, 0.717) is 0 Å². The van der Waals surface area contributed by atoms with E-state index in [1.165, 1.54) is 24.3 Å². The molecule has 110 valence electrons. The van der Waals surface area contributed by atoms with Crippen LogP contribution in [0.25, 0.3) is 0 Å². The van der Waals surface area contributed by atoms with Gasteiger partial charge in [-0.2, -0.15) is 8.78 Å². The van der Waals surface area contributed by atoms with Crippen LogP contribution in [0.3, 0.4) is 0 Å². The van der Waals surface area contributed by atoms with Crippen LogP contribution in [0.5, 0.6) is 5.75 Å². The van der Waals surface area contributed by atoms with Gasteiger partial charge in [0.15, 0.2) is 0 Å². The smallest absolute Gasteiger partial charge is 0.387 e. The van der Waals surface area contributed by atoms with Crippen molar-refractivity contribution in [1.82, 2.24) is 0 Å². The van der Waals surface area contributed by atoms with Crippen molar-refractivity contribution in [2.75, 3.05) is 5.32 Å². The van der Waals surface area contributed by atoms with Crippen LogP contribution in [0.15, 0.2) is 24.3 Å². The van der Waals surface area contributed by atoms with Crippen LogP contribution in [0.1, 0.15) is 12.8 Å². The maximum atomic E-state index is 12.2. The Morgan fingerprint density at radius 1 is 1.35 bits per heavy atom. The second-order valence-electron chi connectivity index (χ2n) is 3.90. The van der Waals surface area contributed by atoms with Crippen molar-refractivity contribution in [3.05, 3.63) is 24.3 Å². The summed E-state index contributed by atoms with van der Waals surface area (Å²) in [5.41, 5.74) is 5.55. The van der Waals surface area contributed by atoms with Gasteiger partial charge in [0.25, 0.3) is 0 Å². The standard InChI is InChI=1S/C12H14F2N2O4/c13-12(14)20-9-4-2-1-3-8(9)16-11(19)7(15)5-6-10(17)18/h1-4,7,12H,5-6,15H2,(H,16,19)(H,17,18). The molecule has 1 amide bonds. The number of hydrogen-bond acceptors (Lipinski definition) is 4. The predicted octanol–water partition coefficient (Wildman–Crippen LogP) is 1.42. The number of rotatable bonds is 7. The Balaban J connectivity index is 2.67. The van der Waals surface area contributed by atoms with Crippen LogP contribution in [0.2, 0.25) is 0 Å². The summed E-state index contributed by atoms with van der Waals surface area (Å²) in [6, 6.07) is 4.59. The molecule has 0 aliphatic heterocycles. The SMILES string of the molecule is NC(CCC(=O)O)C(=O)Nc1ccccc1OC(F)F. The lowest BCUT2D eigenvalue weighted by molar-refractivity contribution is -0.137. The van der Waals surface area contributed by atoms with Gasteiger partial charge in [-0.1, -0.05) is 12.1 Å². The molecule has 1 aromatic rings. The van der Waals surface area contributed by atoms with Crippen LogP contribution in [-0.4, -0.2) is 29.6 Å². The molecule has 0 aromatic heterocycles. The van der Waals surface area contributed by atoms with Crippen molar-refractivity contribution in [2.24, 2.45) is 5.73 Å². The first-order valence-corrected chi connectivity index (χ1v) is 5.72. The molecule has 1 rings (SSSR count). The molecular formula is C12H14F2N2O4. The fourth-order valence-electron chi connectivity index (χ4n) is 1.40. The maximum absolute atomic E-state index is 12.2. The number of carbonyl (C=O) groups is 2. The van der Waals surface area contributed by atoms with Crippen molar-refractivity contribution in [3.63, 3.8) is 0 Å². The average Bonchev–Trinajstić information content (AvgIpc) is 2.37. The van der Waals surface area contributed by atoms with Gasteiger partial charge in [0.1, 0.15) is 5.75 Å². The Kier molecular flexibility index (Phi) is 5.85. The number of hydrogen-bond donors (Lipinski definition) is 3. The summed E-state index contributed by atoms with van der Waals surface area (Å²) >= 11 is 0. The van der Waals surface area contributed by atoms with Crippen molar-refractivity contribution in [2.45, 2.75) is 25.5 Å². The van der Waals surface area contributed by atoms with Gasteiger partial charge in [-0.15, -0.1) is 0 Å². The monoisotopic (exact) mass is 288 g/mol. The highest BCUT2D eigenvalue weighted by Crippen LogP contribution is 2.25. The number of nitrogens with two attached hydrogens (primary N) is 1. The van der Waals surface area contributed by atoms with Crippen molar-refractivity contribution < 1.29 is 28.2 Å². The van der Waals surface area contributed by atoms with E-state index in [1.807, 2.05) is 0 Å². The highest BCUT2D eigenvalue weighted by molar-refractivity contribution is 5.96. The molecule has 0 spiro atoms. The first kappa shape index (κ1) is 15.8. The van der Waals surface area contributed by atoms with Gasteiger partial charge in [0.05, 0.1) is 11.7 Å². The van der Waals surface area contributed by atoms with E-state index in [-0.39, 0.29) is 24.3 Å². The third kappa shape index (κ3) is 5.19. The first-order valence-electron chi connectivity index (χ1n) is 5.72. The minimum absolute atomic E-state index is 0.0450. The Morgan fingerprint density at radius 3 is 2.60 bits per heavy atom. The lowest BCUT2D eigenvalue weighted by atomic mass is 10.1. The minimum Gasteiger partial charge on any atom is -0.481 e. The molecule has 0 heterocycles. The molecule has 8 heteroatoms. The third-order valence-corrected chi connectivity index (χ3v) is 2.37. The molecule has 20 heavy (non-hydrogen) atoms. The van der Waals surface area contributed by atoms with E-state index >= 15 is 0 Å². The number of ether oxygens (including phenoxy) is 1. The number of carboxylic acids is 1. The Morgan fingerprint density at radius 2 is 2.00 bits per heavy atom. The lowest BCUT2D eigenvalue weighted by Crippen LogP contribution is -2.36. The summed E-state index contributed by atoms with van der Waals surface area (Å²) < 4.78 is 28.6. The molecule has 0 saturated carbocycles. The summed E-state index contributed by atoms with van der Waals surface area (Å²) in [6.45, 7) is -3.02. The summed E-state index contributed by atoms with van der Waals surface area (Å²) in [5, 5.41) is 10.8. The summed E-state index contributed by atoms with van der Waals surface area (Å²) in [4.78, 5) is 22.1. The molecule has 0 bridgehead atoms. The molecule has 0 radical (unpaired) electrons. The largest absolute Gasteiger partial charge is 0.481 e. The highest BCUT2D eigenvalue weighted by atomic mass is 19.3. The second kappa shape index (κ2) is 7.39. The van der Waals surface area contributed by atoms with Gasteiger partial charge in [0, 0.05) is 6.42 Å². The molecule has 6 nitrogen and oxygen atoms in total. The number of anilines is 1. The number of nitrogens with one attached hydrogen (secondary N) is 1. The molecule has 0 saturated heterocycles. The third-order valence-electron chi connectivity index (χ3n) is 2.37. The van der Waals surface area contributed by atoms with Crippen LogP contribution in [0, 0.1) is 0 Å². The van der Waals surface area contributed by atoms with Gasteiger partial charge in [-0.25, -0.2) is 0 Å². The average molecular weight is 288 g/mol. The Hall–Kier alpha value is -2.22. The van der Waals surface area contributed by atoms with Crippen molar-refractivity contribution in [3.8, 4) is 5.75 Å². The summed E-state index contributed by atoms with van der Waals surface area (Å²) in [7, 11) is 0. The number of alkyl halides is 2. The van der Waals surface area contributed by atoms with Crippen molar-refractivity contribution in [1.29, 1.82) is 0 Å². The zero-order chi connectivity index (χ0) is 15.1. The molecular weight excluding hydrogens is 274 g/mol. The Labute approximate surface area is 113 Å². The topological polar surface area (TPSA) is 102 Å². The van der Waals surface area contributed by atoms with E-state index in [1.54, 1.807) is 0 Å². The van der Waals surface area contributed by atoms with Crippen LogP contribution >= 0.6 is 0 Å². The van der Waals surface area contributed by atoms with E-state index in [0.717, 1.165) is 0 Å². The summed E-state index contributed by atoms with van der Waals surface area (Å²) in [6.07, 6.45) is -0.317. The zero-order valence-electron chi connectivity index (χ0n) is 10.4. The molecule has 0 aliphatic carbocycles. The van der Waals surface area contributed by atoms with Crippen LogP contribution < -0.4 is 15.8 Å². The molecule has 1 atom stereocenters.